The molecular formula is C28H44BrN3O5. The number of rotatable bonds is 14. The molecule has 9 heteroatoms. The zero-order valence-electron chi connectivity index (χ0n) is 22.8. The Bertz CT molecular complexity index is 880. The summed E-state index contributed by atoms with van der Waals surface area (Å²) in [4.78, 5) is 47.4. The van der Waals surface area contributed by atoms with E-state index in [1.54, 1.807) is 26.9 Å². The average Bonchev–Trinajstić information content (AvgIpc) is 3.46. The number of aliphatic hydroxyl groups is 1. The Hall–Kier alpha value is -1.71. The zero-order valence-corrected chi connectivity index (χ0v) is 24.4. The summed E-state index contributed by atoms with van der Waals surface area (Å²) in [5.74, 6) is -2.08. The summed E-state index contributed by atoms with van der Waals surface area (Å²) >= 11 is 3.74. The highest BCUT2D eigenvalue weighted by Gasteiger charge is 2.77. The van der Waals surface area contributed by atoms with E-state index in [1.807, 2.05) is 20.8 Å². The number of ether oxygens (including phenoxy) is 1. The van der Waals surface area contributed by atoms with Crippen molar-refractivity contribution in [3.63, 3.8) is 0 Å². The van der Waals surface area contributed by atoms with Crippen LogP contribution in [0.5, 0.6) is 0 Å². The van der Waals surface area contributed by atoms with E-state index in [0.717, 1.165) is 19.3 Å². The molecule has 3 amide bonds. The molecule has 4 unspecified atom stereocenters. The molecule has 0 saturated carbocycles. The number of carbonyl (C=O) groups excluding carboxylic acids is 3. The van der Waals surface area contributed by atoms with Gasteiger partial charge in [0.05, 0.1) is 30.6 Å². The minimum absolute atomic E-state index is 0.0551. The maximum Gasteiger partial charge on any atom is 0.248 e. The molecule has 3 rings (SSSR count). The van der Waals surface area contributed by atoms with E-state index in [9.17, 15) is 19.5 Å². The van der Waals surface area contributed by atoms with Crippen LogP contribution >= 0.6 is 15.9 Å². The van der Waals surface area contributed by atoms with Crippen molar-refractivity contribution >= 4 is 33.7 Å². The predicted octanol–water partition coefficient (Wildman–Crippen LogP) is 3.13. The number of hydrogen-bond donors (Lipinski definition) is 1. The number of alkyl halides is 1. The number of nitrogens with zero attached hydrogens (tertiary/aromatic N) is 3. The predicted molar refractivity (Wildman–Crippen MR) is 147 cm³/mol. The fourth-order valence-corrected chi connectivity index (χ4v) is 7.66. The van der Waals surface area contributed by atoms with Crippen LogP contribution < -0.4 is 0 Å². The molecule has 0 radical (unpaired) electrons. The van der Waals surface area contributed by atoms with Crippen molar-refractivity contribution in [2.75, 3.05) is 26.2 Å². The Morgan fingerprint density at radius 2 is 1.89 bits per heavy atom. The van der Waals surface area contributed by atoms with E-state index in [2.05, 4.69) is 36.0 Å². The van der Waals surface area contributed by atoms with Gasteiger partial charge < -0.3 is 24.5 Å². The zero-order chi connectivity index (χ0) is 27.5. The molecule has 0 aromatic carbocycles. The topological polar surface area (TPSA) is 90.4 Å². The average molecular weight is 583 g/mol. The SMILES string of the molecule is C=CCN(CCC)C(=O)[C@H]1[C@@H]2OC3(CC2Br)C(C(=O)N(CC=C)C(C)CCC)N([C@@H](CC)CO)C(=O)[C@H]13. The van der Waals surface area contributed by atoms with Crippen molar-refractivity contribution in [1.29, 1.82) is 0 Å². The van der Waals surface area contributed by atoms with Crippen LogP contribution in [0.2, 0.25) is 0 Å². The highest BCUT2D eigenvalue weighted by Crippen LogP contribution is 2.61. The minimum Gasteiger partial charge on any atom is -0.394 e. The van der Waals surface area contributed by atoms with Gasteiger partial charge in [0.15, 0.2) is 0 Å². The van der Waals surface area contributed by atoms with Crippen molar-refractivity contribution < 1.29 is 24.2 Å². The van der Waals surface area contributed by atoms with Crippen LogP contribution in [-0.4, -0.2) is 98.4 Å². The molecule has 3 aliphatic rings. The van der Waals surface area contributed by atoms with Gasteiger partial charge in [0.2, 0.25) is 17.7 Å². The van der Waals surface area contributed by atoms with Gasteiger partial charge in [-0.3, -0.25) is 14.4 Å². The standard InChI is InChI=1S/C28H44BrN3O5/c1-7-12-18(6)31(15-10-4)27(36)24-28-16-20(29)23(37-28)21(25(34)30(13-8-2)14-9-3)22(28)26(35)32(24)19(11-5)17-33/h8,10,18-24,33H,2,4,7,9,11-17H2,1,3,5-6H3/t18?,19-,20?,21+,22-,23+,24?,28?/m0/s1. The molecule has 1 spiro atoms. The number of hydrogen-bond acceptors (Lipinski definition) is 5. The number of halogens is 1. The Kier molecular flexibility index (Phi) is 10.0. The van der Waals surface area contributed by atoms with E-state index in [-0.39, 0.29) is 35.2 Å². The summed E-state index contributed by atoms with van der Waals surface area (Å²) in [5.41, 5.74) is -1.13. The second-order valence-corrected chi connectivity index (χ2v) is 11.8. The Morgan fingerprint density at radius 3 is 2.43 bits per heavy atom. The Labute approximate surface area is 230 Å². The summed E-state index contributed by atoms with van der Waals surface area (Å²) in [5, 5.41) is 10.3. The first-order chi connectivity index (χ1) is 17.7. The third-order valence-corrected chi connectivity index (χ3v) is 9.17. The largest absolute Gasteiger partial charge is 0.394 e. The van der Waals surface area contributed by atoms with Crippen LogP contribution in [0.4, 0.5) is 0 Å². The third kappa shape index (κ3) is 5.03. The molecule has 8 atom stereocenters. The number of aliphatic hydroxyl groups excluding tert-OH is 1. The molecule has 0 aromatic rings. The molecule has 208 valence electrons. The van der Waals surface area contributed by atoms with Gasteiger partial charge >= 0.3 is 0 Å². The third-order valence-electron chi connectivity index (χ3n) is 8.32. The van der Waals surface area contributed by atoms with Crippen molar-refractivity contribution in [2.24, 2.45) is 11.8 Å². The quantitative estimate of drug-likeness (QED) is 0.251. The number of amides is 3. The normalized spacial score (nSPS) is 31.7. The molecule has 3 fully saturated rings. The molecule has 3 aliphatic heterocycles. The van der Waals surface area contributed by atoms with Gasteiger partial charge in [-0.2, -0.15) is 0 Å². The maximum absolute atomic E-state index is 14.4. The van der Waals surface area contributed by atoms with Crippen molar-refractivity contribution in [3.05, 3.63) is 25.3 Å². The van der Waals surface area contributed by atoms with Gasteiger partial charge in [-0.1, -0.05) is 55.3 Å². The summed E-state index contributed by atoms with van der Waals surface area (Å²) < 4.78 is 6.64. The van der Waals surface area contributed by atoms with Gasteiger partial charge in [-0.15, -0.1) is 13.2 Å². The van der Waals surface area contributed by atoms with Gasteiger partial charge in [0.25, 0.3) is 0 Å². The van der Waals surface area contributed by atoms with E-state index in [1.165, 1.54) is 0 Å². The van der Waals surface area contributed by atoms with Crippen LogP contribution in [0.1, 0.15) is 59.8 Å². The van der Waals surface area contributed by atoms with Gasteiger partial charge in [-0.05, 0) is 32.6 Å². The lowest BCUT2D eigenvalue weighted by Gasteiger charge is -2.41. The molecule has 8 nitrogen and oxygen atoms in total. The molecule has 37 heavy (non-hydrogen) atoms. The van der Waals surface area contributed by atoms with Crippen molar-refractivity contribution in [1.82, 2.24) is 14.7 Å². The molecule has 0 aromatic heterocycles. The molecule has 0 aliphatic carbocycles. The van der Waals surface area contributed by atoms with Crippen molar-refractivity contribution in [2.45, 2.75) is 94.5 Å². The first kappa shape index (κ1) is 29.8. The smallest absolute Gasteiger partial charge is 0.248 e. The van der Waals surface area contributed by atoms with E-state index in [4.69, 9.17) is 4.74 Å². The van der Waals surface area contributed by atoms with Crippen molar-refractivity contribution in [3.8, 4) is 0 Å². The summed E-state index contributed by atoms with van der Waals surface area (Å²) in [6.07, 6.45) is 6.33. The Morgan fingerprint density at radius 1 is 1.22 bits per heavy atom. The number of carbonyl (C=O) groups is 3. The first-order valence-corrected chi connectivity index (χ1v) is 14.7. The summed E-state index contributed by atoms with van der Waals surface area (Å²) in [6, 6.07) is -1.51. The fourth-order valence-electron chi connectivity index (χ4n) is 6.72. The fraction of sp³-hybridized carbons (Fsp3) is 0.750. The molecular weight excluding hydrogens is 538 g/mol. The van der Waals surface area contributed by atoms with Crippen LogP contribution in [0.25, 0.3) is 0 Å². The lowest BCUT2D eigenvalue weighted by atomic mass is 9.70. The van der Waals surface area contributed by atoms with Gasteiger partial charge in [0.1, 0.15) is 11.6 Å². The first-order valence-electron chi connectivity index (χ1n) is 13.7. The minimum atomic E-state index is -1.13. The highest BCUT2D eigenvalue weighted by molar-refractivity contribution is 9.09. The summed E-state index contributed by atoms with van der Waals surface area (Å²) in [7, 11) is 0. The molecule has 3 saturated heterocycles. The highest BCUT2D eigenvalue weighted by atomic mass is 79.9. The lowest BCUT2D eigenvalue weighted by molar-refractivity contribution is -0.153. The van der Waals surface area contributed by atoms with E-state index in [0.29, 0.717) is 32.5 Å². The number of likely N-dealkylation sites (tertiary alicyclic amines) is 1. The number of fused-ring (bicyclic) bond motifs is 1. The lowest BCUT2D eigenvalue weighted by Crippen LogP contribution is -2.60. The van der Waals surface area contributed by atoms with Gasteiger partial charge in [0, 0.05) is 30.5 Å². The van der Waals surface area contributed by atoms with Crippen LogP contribution in [0, 0.1) is 11.8 Å². The van der Waals surface area contributed by atoms with Crippen LogP contribution in [0.3, 0.4) is 0 Å². The van der Waals surface area contributed by atoms with Crippen LogP contribution in [0.15, 0.2) is 25.3 Å². The molecule has 1 N–H and O–H groups in total. The Balaban J connectivity index is 2.12. The molecule has 3 heterocycles. The van der Waals surface area contributed by atoms with E-state index < -0.39 is 35.6 Å². The van der Waals surface area contributed by atoms with E-state index >= 15 is 0 Å². The molecule has 2 bridgehead atoms. The monoisotopic (exact) mass is 581 g/mol. The summed E-state index contributed by atoms with van der Waals surface area (Å²) in [6.45, 7) is 16.7. The second kappa shape index (κ2) is 12.4. The van der Waals surface area contributed by atoms with Crippen LogP contribution in [-0.2, 0) is 19.1 Å². The van der Waals surface area contributed by atoms with Gasteiger partial charge in [-0.25, -0.2) is 0 Å². The second-order valence-electron chi connectivity index (χ2n) is 10.6. The maximum atomic E-state index is 14.4.